The Morgan fingerprint density at radius 1 is 1.06 bits per heavy atom. The van der Waals surface area contributed by atoms with Gasteiger partial charge in [-0.3, -0.25) is 9.97 Å². The van der Waals surface area contributed by atoms with Crippen LogP contribution in [0.4, 0.5) is 0 Å². The SMILES string of the molecule is CC(C)c1ccnnc1.CCc1cnccn1. The van der Waals surface area contributed by atoms with E-state index >= 15 is 0 Å². The highest BCUT2D eigenvalue weighted by Crippen LogP contribution is 2.09. The third-order valence-electron chi connectivity index (χ3n) is 2.25. The van der Waals surface area contributed by atoms with Crippen molar-refractivity contribution in [3.05, 3.63) is 48.3 Å². The molecule has 0 bridgehead atoms. The van der Waals surface area contributed by atoms with E-state index < -0.39 is 0 Å². The summed E-state index contributed by atoms with van der Waals surface area (Å²) in [7, 11) is 0. The van der Waals surface area contributed by atoms with E-state index in [1.54, 1.807) is 31.0 Å². The lowest BCUT2D eigenvalue weighted by Crippen LogP contribution is -1.88. The summed E-state index contributed by atoms with van der Waals surface area (Å²) >= 11 is 0. The summed E-state index contributed by atoms with van der Waals surface area (Å²) < 4.78 is 0. The third-order valence-corrected chi connectivity index (χ3v) is 2.25. The van der Waals surface area contributed by atoms with Gasteiger partial charge in [0.05, 0.1) is 11.9 Å². The van der Waals surface area contributed by atoms with Crippen molar-refractivity contribution in [2.24, 2.45) is 0 Å². The van der Waals surface area contributed by atoms with Gasteiger partial charge in [0.1, 0.15) is 0 Å². The Bertz CT molecular complexity index is 400. The summed E-state index contributed by atoms with van der Waals surface area (Å²) in [6.45, 7) is 6.33. The Morgan fingerprint density at radius 2 is 1.88 bits per heavy atom. The predicted molar refractivity (Wildman–Crippen MR) is 67.5 cm³/mol. The fraction of sp³-hybridized carbons (Fsp3) is 0.385. The van der Waals surface area contributed by atoms with E-state index in [2.05, 4.69) is 40.9 Å². The average Bonchev–Trinajstić information content (AvgIpc) is 2.41. The van der Waals surface area contributed by atoms with E-state index in [1.165, 1.54) is 5.56 Å². The molecule has 0 aromatic carbocycles. The lowest BCUT2D eigenvalue weighted by molar-refractivity contribution is 0.841. The molecule has 0 fully saturated rings. The Balaban J connectivity index is 0.000000171. The van der Waals surface area contributed by atoms with Crippen molar-refractivity contribution in [2.45, 2.75) is 33.1 Å². The van der Waals surface area contributed by atoms with Gasteiger partial charge >= 0.3 is 0 Å². The molecule has 2 heterocycles. The lowest BCUT2D eigenvalue weighted by atomic mass is 10.1. The molecular weight excluding hydrogens is 212 g/mol. The smallest absolute Gasteiger partial charge is 0.0583 e. The highest BCUT2D eigenvalue weighted by atomic mass is 15.1. The van der Waals surface area contributed by atoms with Gasteiger partial charge in [-0.05, 0) is 24.0 Å². The standard InChI is InChI=1S/C7H10N2.C6H8N2/c1-6(2)7-3-4-8-9-5-7;1-2-6-5-7-3-4-8-6/h3-6H,1-2H3;3-5H,2H2,1H3. The molecule has 90 valence electrons. The molecule has 0 unspecified atom stereocenters. The Kier molecular flexibility index (Phi) is 5.79. The zero-order valence-corrected chi connectivity index (χ0v) is 10.5. The van der Waals surface area contributed by atoms with Crippen LogP contribution in [0.15, 0.2) is 37.1 Å². The fourth-order valence-electron chi connectivity index (χ4n) is 1.15. The maximum absolute atomic E-state index is 4.03. The van der Waals surface area contributed by atoms with Crippen LogP contribution in [0.5, 0.6) is 0 Å². The largest absolute Gasteiger partial charge is 0.261 e. The summed E-state index contributed by atoms with van der Waals surface area (Å²) in [6, 6.07) is 1.98. The first-order valence-corrected chi connectivity index (χ1v) is 5.75. The molecule has 17 heavy (non-hydrogen) atoms. The third kappa shape index (κ3) is 5.15. The first-order chi connectivity index (χ1) is 8.24. The van der Waals surface area contributed by atoms with Crippen LogP contribution in [-0.2, 0) is 6.42 Å². The van der Waals surface area contributed by atoms with Gasteiger partial charge in [-0.2, -0.15) is 10.2 Å². The van der Waals surface area contributed by atoms with Crippen molar-refractivity contribution in [2.75, 3.05) is 0 Å². The van der Waals surface area contributed by atoms with Gasteiger partial charge in [0.15, 0.2) is 0 Å². The van der Waals surface area contributed by atoms with Crippen LogP contribution in [0, 0.1) is 0 Å². The van der Waals surface area contributed by atoms with Crippen LogP contribution in [0.2, 0.25) is 0 Å². The molecule has 0 saturated carbocycles. The molecule has 0 spiro atoms. The summed E-state index contributed by atoms with van der Waals surface area (Å²) in [6.07, 6.45) is 9.64. The number of nitrogens with zero attached hydrogens (tertiary/aromatic N) is 4. The zero-order valence-electron chi connectivity index (χ0n) is 10.5. The van der Waals surface area contributed by atoms with Gasteiger partial charge in [-0.25, -0.2) is 0 Å². The quantitative estimate of drug-likeness (QED) is 0.795. The number of aromatic nitrogens is 4. The van der Waals surface area contributed by atoms with Gasteiger partial charge in [0.2, 0.25) is 0 Å². The summed E-state index contributed by atoms with van der Waals surface area (Å²) in [5, 5.41) is 7.43. The van der Waals surface area contributed by atoms with E-state index in [1.807, 2.05) is 6.07 Å². The molecule has 0 aliphatic heterocycles. The normalized spacial score (nSPS) is 9.65. The topological polar surface area (TPSA) is 51.6 Å². The van der Waals surface area contributed by atoms with Gasteiger partial charge in [0.25, 0.3) is 0 Å². The van der Waals surface area contributed by atoms with E-state index in [9.17, 15) is 0 Å². The number of aryl methyl sites for hydroxylation is 1. The Morgan fingerprint density at radius 3 is 2.24 bits per heavy atom. The molecule has 4 heteroatoms. The van der Waals surface area contributed by atoms with Crippen LogP contribution in [0.3, 0.4) is 0 Å². The van der Waals surface area contributed by atoms with Crippen molar-refractivity contribution >= 4 is 0 Å². The summed E-state index contributed by atoms with van der Waals surface area (Å²) in [5.74, 6) is 0.556. The Hall–Kier alpha value is -1.84. The molecule has 0 amide bonds. The molecule has 0 radical (unpaired) electrons. The zero-order chi connectivity index (χ0) is 12.5. The second kappa shape index (κ2) is 7.44. The van der Waals surface area contributed by atoms with Gasteiger partial charge in [-0.15, -0.1) is 0 Å². The molecule has 0 N–H and O–H groups in total. The molecule has 4 nitrogen and oxygen atoms in total. The van der Waals surface area contributed by atoms with Crippen molar-refractivity contribution in [3.63, 3.8) is 0 Å². The van der Waals surface area contributed by atoms with Gasteiger partial charge < -0.3 is 0 Å². The minimum atomic E-state index is 0.556. The monoisotopic (exact) mass is 230 g/mol. The molecule has 2 aromatic heterocycles. The summed E-state index contributed by atoms with van der Waals surface area (Å²) in [4.78, 5) is 7.93. The molecule has 0 atom stereocenters. The molecule has 0 aliphatic rings. The predicted octanol–water partition coefficient (Wildman–Crippen LogP) is 2.64. The van der Waals surface area contributed by atoms with Crippen molar-refractivity contribution in [3.8, 4) is 0 Å². The van der Waals surface area contributed by atoms with Crippen LogP contribution < -0.4 is 0 Å². The average molecular weight is 230 g/mol. The number of rotatable bonds is 2. The molecule has 2 rings (SSSR count). The lowest BCUT2D eigenvalue weighted by Gasteiger charge is -2.00. The van der Waals surface area contributed by atoms with Crippen molar-refractivity contribution in [1.29, 1.82) is 0 Å². The fourth-order valence-corrected chi connectivity index (χ4v) is 1.15. The molecular formula is C13H18N4. The second-order valence-corrected chi connectivity index (χ2v) is 3.88. The minimum absolute atomic E-state index is 0.556. The van der Waals surface area contributed by atoms with Crippen LogP contribution >= 0.6 is 0 Å². The van der Waals surface area contributed by atoms with Crippen LogP contribution in [0.25, 0.3) is 0 Å². The summed E-state index contributed by atoms with van der Waals surface area (Å²) in [5.41, 5.74) is 2.29. The van der Waals surface area contributed by atoms with E-state index in [0.717, 1.165) is 12.1 Å². The van der Waals surface area contributed by atoms with Crippen molar-refractivity contribution in [1.82, 2.24) is 20.2 Å². The maximum Gasteiger partial charge on any atom is 0.0583 e. The second-order valence-electron chi connectivity index (χ2n) is 3.88. The highest BCUT2D eigenvalue weighted by Gasteiger charge is 1.95. The Labute approximate surface area is 102 Å². The van der Waals surface area contributed by atoms with Crippen LogP contribution in [-0.4, -0.2) is 20.2 Å². The van der Waals surface area contributed by atoms with Crippen LogP contribution in [0.1, 0.15) is 37.9 Å². The number of hydrogen-bond donors (Lipinski definition) is 0. The maximum atomic E-state index is 4.03. The first kappa shape index (κ1) is 13.2. The number of hydrogen-bond acceptors (Lipinski definition) is 4. The van der Waals surface area contributed by atoms with E-state index in [4.69, 9.17) is 0 Å². The molecule has 2 aromatic rings. The highest BCUT2D eigenvalue weighted by molar-refractivity contribution is 5.09. The van der Waals surface area contributed by atoms with Gasteiger partial charge in [-0.1, -0.05) is 20.8 Å². The molecule has 0 saturated heterocycles. The van der Waals surface area contributed by atoms with Gasteiger partial charge in [0, 0.05) is 24.8 Å². The van der Waals surface area contributed by atoms with E-state index in [-0.39, 0.29) is 0 Å². The minimum Gasteiger partial charge on any atom is -0.261 e. The first-order valence-electron chi connectivity index (χ1n) is 5.75. The molecule has 0 aliphatic carbocycles. The van der Waals surface area contributed by atoms with E-state index in [0.29, 0.717) is 5.92 Å². The van der Waals surface area contributed by atoms with Crippen molar-refractivity contribution < 1.29 is 0 Å².